The van der Waals surface area contributed by atoms with E-state index in [-0.39, 0.29) is 17.9 Å². The molecule has 0 radical (unpaired) electrons. The quantitative estimate of drug-likeness (QED) is 0.557. The minimum absolute atomic E-state index is 0.0191. The van der Waals surface area contributed by atoms with E-state index in [4.69, 9.17) is 11.6 Å². The van der Waals surface area contributed by atoms with E-state index in [0.717, 1.165) is 36.8 Å². The topological polar surface area (TPSA) is 49.4 Å². The Bertz CT molecular complexity index is 849. The zero-order valence-electron chi connectivity index (χ0n) is 18.4. The molecule has 2 amide bonds. The highest BCUT2D eigenvalue weighted by Gasteiger charge is 2.30. The second-order valence-corrected chi connectivity index (χ2v) is 8.77. The normalized spacial score (nSPS) is 15.3. The minimum atomic E-state index is -0.499. The zero-order valence-corrected chi connectivity index (χ0v) is 19.1. The van der Waals surface area contributed by atoms with Gasteiger partial charge in [-0.15, -0.1) is 0 Å². The number of aryl methyl sites for hydroxylation is 1. The third-order valence-electron chi connectivity index (χ3n) is 6.11. The second kappa shape index (κ2) is 11.9. The third-order valence-corrected chi connectivity index (χ3v) is 6.48. The van der Waals surface area contributed by atoms with Crippen LogP contribution in [0.1, 0.15) is 63.0 Å². The number of carbonyl (C=O) groups is 2. The molecule has 1 aliphatic carbocycles. The Labute approximate surface area is 191 Å². The molecule has 0 aliphatic heterocycles. The first-order valence-electron chi connectivity index (χ1n) is 11.5. The van der Waals surface area contributed by atoms with Crippen molar-refractivity contribution in [3.8, 4) is 0 Å². The average Bonchev–Trinajstić information content (AvgIpc) is 2.80. The van der Waals surface area contributed by atoms with Crippen LogP contribution in [0.3, 0.4) is 0 Å². The molecule has 0 spiro atoms. The van der Waals surface area contributed by atoms with Crippen LogP contribution in [0.25, 0.3) is 0 Å². The summed E-state index contributed by atoms with van der Waals surface area (Å²) in [5.74, 6) is -0.0658. The summed E-state index contributed by atoms with van der Waals surface area (Å²) in [5.41, 5.74) is 1.98. The smallest absolute Gasteiger partial charge is 0.243 e. The minimum Gasteiger partial charge on any atom is -0.352 e. The van der Waals surface area contributed by atoms with Crippen LogP contribution in [0, 0.1) is 0 Å². The molecule has 3 rings (SSSR count). The molecule has 2 aromatic rings. The van der Waals surface area contributed by atoms with Crippen LogP contribution in [0.15, 0.2) is 54.6 Å². The average molecular weight is 441 g/mol. The molecule has 166 valence electrons. The van der Waals surface area contributed by atoms with Crippen LogP contribution in [-0.2, 0) is 22.6 Å². The molecule has 0 saturated heterocycles. The Morgan fingerprint density at radius 1 is 1.03 bits per heavy atom. The Morgan fingerprint density at radius 3 is 2.39 bits per heavy atom. The van der Waals surface area contributed by atoms with Crippen molar-refractivity contribution in [3.05, 3.63) is 70.7 Å². The standard InChI is InChI=1S/C26H33ClN2O2/c1-2-24(26(31)28-22-14-7-4-8-15-22)29(19-21-13-9-10-16-23(21)27)25(30)18-17-20-11-5-3-6-12-20/h3,5-6,9-13,16,22,24H,2,4,7-8,14-15,17-19H2,1H3,(H,28,31). The van der Waals surface area contributed by atoms with Gasteiger partial charge in [0, 0.05) is 24.0 Å². The maximum Gasteiger partial charge on any atom is 0.243 e. The highest BCUT2D eigenvalue weighted by molar-refractivity contribution is 6.31. The lowest BCUT2D eigenvalue weighted by molar-refractivity contribution is -0.141. The van der Waals surface area contributed by atoms with Crippen molar-refractivity contribution < 1.29 is 9.59 Å². The summed E-state index contributed by atoms with van der Waals surface area (Å²) < 4.78 is 0. The number of amides is 2. The van der Waals surface area contributed by atoms with Gasteiger partial charge in [-0.2, -0.15) is 0 Å². The van der Waals surface area contributed by atoms with Crippen LogP contribution < -0.4 is 5.32 Å². The molecular formula is C26H33ClN2O2. The van der Waals surface area contributed by atoms with Gasteiger partial charge in [0.15, 0.2) is 0 Å². The van der Waals surface area contributed by atoms with E-state index in [1.807, 2.05) is 61.5 Å². The van der Waals surface area contributed by atoms with E-state index in [0.29, 0.717) is 30.8 Å². The monoisotopic (exact) mass is 440 g/mol. The van der Waals surface area contributed by atoms with Crippen molar-refractivity contribution >= 4 is 23.4 Å². The fourth-order valence-electron chi connectivity index (χ4n) is 4.31. The van der Waals surface area contributed by atoms with Crippen LogP contribution in [0.2, 0.25) is 5.02 Å². The number of nitrogens with zero attached hydrogens (tertiary/aromatic N) is 1. The van der Waals surface area contributed by atoms with Gasteiger partial charge in [0.25, 0.3) is 0 Å². The molecular weight excluding hydrogens is 408 g/mol. The van der Waals surface area contributed by atoms with Crippen LogP contribution in [-0.4, -0.2) is 28.8 Å². The number of benzene rings is 2. The number of hydrogen-bond acceptors (Lipinski definition) is 2. The SMILES string of the molecule is CCC(C(=O)NC1CCCCC1)N(Cc1ccccc1Cl)C(=O)CCc1ccccc1. The van der Waals surface area contributed by atoms with Crippen molar-refractivity contribution in [2.45, 2.75) is 76.9 Å². The number of nitrogens with one attached hydrogen (secondary N) is 1. The Morgan fingerprint density at radius 2 is 1.71 bits per heavy atom. The first-order chi connectivity index (χ1) is 15.1. The molecule has 0 bridgehead atoms. The van der Waals surface area contributed by atoms with Crippen LogP contribution in [0.4, 0.5) is 0 Å². The van der Waals surface area contributed by atoms with E-state index in [1.165, 1.54) is 6.42 Å². The first-order valence-corrected chi connectivity index (χ1v) is 11.8. The van der Waals surface area contributed by atoms with Gasteiger partial charge in [-0.25, -0.2) is 0 Å². The number of rotatable bonds is 9. The molecule has 4 nitrogen and oxygen atoms in total. The summed E-state index contributed by atoms with van der Waals surface area (Å²) in [7, 11) is 0. The summed E-state index contributed by atoms with van der Waals surface area (Å²) in [6, 6.07) is 17.2. The molecule has 0 heterocycles. The molecule has 1 saturated carbocycles. The predicted octanol–water partition coefficient (Wildman–Crippen LogP) is 5.53. The van der Waals surface area contributed by atoms with Crippen molar-refractivity contribution in [3.63, 3.8) is 0 Å². The van der Waals surface area contributed by atoms with Crippen molar-refractivity contribution in [1.29, 1.82) is 0 Å². The van der Waals surface area contributed by atoms with E-state index >= 15 is 0 Å². The lowest BCUT2D eigenvalue weighted by Gasteiger charge is -2.33. The summed E-state index contributed by atoms with van der Waals surface area (Å²) in [4.78, 5) is 28.3. The van der Waals surface area contributed by atoms with Gasteiger partial charge in [-0.05, 0) is 42.9 Å². The molecule has 1 unspecified atom stereocenters. The lowest BCUT2D eigenvalue weighted by atomic mass is 9.95. The summed E-state index contributed by atoms with van der Waals surface area (Å²) in [6.45, 7) is 2.30. The fraction of sp³-hybridized carbons (Fsp3) is 0.462. The summed E-state index contributed by atoms with van der Waals surface area (Å²) in [5, 5.41) is 3.83. The molecule has 0 aromatic heterocycles. The highest BCUT2D eigenvalue weighted by Crippen LogP contribution is 2.22. The molecule has 1 aliphatic rings. The predicted molar refractivity (Wildman–Crippen MR) is 126 cm³/mol. The molecule has 31 heavy (non-hydrogen) atoms. The second-order valence-electron chi connectivity index (χ2n) is 8.37. The molecule has 1 fully saturated rings. The maximum atomic E-state index is 13.3. The van der Waals surface area contributed by atoms with Gasteiger partial charge < -0.3 is 10.2 Å². The Hall–Kier alpha value is -2.33. The van der Waals surface area contributed by atoms with Gasteiger partial charge in [0.2, 0.25) is 11.8 Å². The van der Waals surface area contributed by atoms with E-state index < -0.39 is 6.04 Å². The van der Waals surface area contributed by atoms with E-state index in [9.17, 15) is 9.59 Å². The van der Waals surface area contributed by atoms with Crippen LogP contribution in [0.5, 0.6) is 0 Å². The number of halogens is 1. The van der Waals surface area contributed by atoms with Gasteiger partial charge in [-0.3, -0.25) is 9.59 Å². The molecule has 5 heteroatoms. The van der Waals surface area contributed by atoms with Gasteiger partial charge in [0.05, 0.1) is 0 Å². The summed E-state index contributed by atoms with van der Waals surface area (Å²) in [6.07, 6.45) is 7.17. The van der Waals surface area contributed by atoms with Gasteiger partial charge in [0.1, 0.15) is 6.04 Å². The Balaban J connectivity index is 1.75. The van der Waals surface area contributed by atoms with E-state index in [2.05, 4.69) is 5.32 Å². The number of carbonyl (C=O) groups excluding carboxylic acids is 2. The largest absolute Gasteiger partial charge is 0.352 e. The fourth-order valence-corrected chi connectivity index (χ4v) is 4.51. The van der Waals surface area contributed by atoms with Crippen molar-refractivity contribution in [1.82, 2.24) is 10.2 Å². The Kier molecular flexibility index (Phi) is 8.96. The third kappa shape index (κ3) is 6.83. The number of hydrogen-bond donors (Lipinski definition) is 1. The van der Waals surface area contributed by atoms with E-state index in [1.54, 1.807) is 4.90 Å². The highest BCUT2D eigenvalue weighted by atomic mass is 35.5. The molecule has 1 atom stereocenters. The van der Waals surface area contributed by atoms with Crippen molar-refractivity contribution in [2.75, 3.05) is 0 Å². The van der Waals surface area contributed by atoms with Crippen LogP contribution >= 0.6 is 11.6 Å². The first kappa shape index (κ1) is 23.3. The maximum absolute atomic E-state index is 13.3. The van der Waals surface area contributed by atoms with Crippen molar-refractivity contribution in [2.24, 2.45) is 0 Å². The van der Waals surface area contributed by atoms with Gasteiger partial charge >= 0.3 is 0 Å². The summed E-state index contributed by atoms with van der Waals surface area (Å²) >= 11 is 6.39. The molecule has 1 N–H and O–H groups in total. The lowest BCUT2D eigenvalue weighted by Crippen LogP contribution is -2.51. The van der Waals surface area contributed by atoms with Gasteiger partial charge in [-0.1, -0.05) is 86.3 Å². The zero-order chi connectivity index (χ0) is 22.1. The molecule has 2 aromatic carbocycles.